The van der Waals surface area contributed by atoms with Gasteiger partial charge in [-0.3, -0.25) is 4.79 Å². The molecule has 3 nitrogen and oxygen atoms in total. The molecule has 3 rings (SSSR count). The number of thioether (sulfide) groups is 2. The van der Waals surface area contributed by atoms with Crippen molar-refractivity contribution in [3.8, 4) is 5.75 Å². The number of rotatable bonds is 6. The van der Waals surface area contributed by atoms with E-state index in [1.165, 1.54) is 22.6 Å². The standard InChI is InChI=1S/C19H21NO2S2/c1-2-14-3-7-16(8-4-14)20-18(21)13-22-17-9-5-15(6-10-17)19-23-11-12-24-19/h3-10,19H,2,11-13H2,1H3,(H,20,21). The fourth-order valence-corrected chi connectivity index (χ4v) is 5.30. The minimum Gasteiger partial charge on any atom is -0.484 e. The number of aryl methyl sites for hydroxylation is 1. The number of hydrogen-bond acceptors (Lipinski definition) is 4. The van der Waals surface area contributed by atoms with Crippen molar-refractivity contribution in [3.05, 3.63) is 59.7 Å². The van der Waals surface area contributed by atoms with Gasteiger partial charge in [-0.15, -0.1) is 23.5 Å². The first-order valence-corrected chi connectivity index (χ1v) is 10.2. The second kappa shape index (κ2) is 8.49. The van der Waals surface area contributed by atoms with Gasteiger partial charge < -0.3 is 10.1 Å². The molecule has 1 aliphatic heterocycles. The molecule has 1 aliphatic rings. The lowest BCUT2D eigenvalue weighted by Gasteiger charge is -2.11. The predicted octanol–water partition coefficient (Wildman–Crippen LogP) is 4.75. The molecule has 0 spiro atoms. The van der Waals surface area contributed by atoms with Gasteiger partial charge in [-0.05, 0) is 41.8 Å². The summed E-state index contributed by atoms with van der Waals surface area (Å²) in [5.41, 5.74) is 3.37. The Bertz CT molecular complexity index is 665. The van der Waals surface area contributed by atoms with E-state index >= 15 is 0 Å². The number of nitrogens with one attached hydrogen (secondary N) is 1. The van der Waals surface area contributed by atoms with Gasteiger partial charge in [0.2, 0.25) is 0 Å². The summed E-state index contributed by atoms with van der Waals surface area (Å²) in [6.45, 7) is 2.12. The second-order valence-electron chi connectivity index (χ2n) is 5.53. The van der Waals surface area contributed by atoms with E-state index in [4.69, 9.17) is 4.74 Å². The number of hydrogen-bond donors (Lipinski definition) is 1. The molecule has 0 unspecified atom stereocenters. The topological polar surface area (TPSA) is 38.3 Å². The number of anilines is 1. The number of amides is 1. The van der Waals surface area contributed by atoms with E-state index in [-0.39, 0.29) is 12.5 Å². The summed E-state index contributed by atoms with van der Waals surface area (Å²) in [6.07, 6.45) is 0.991. The highest BCUT2D eigenvalue weighted by Gasteiger charge is 2.17. The van der Waals surface area contributed by atoms with Gasteiger partial charge >= 0.3 is 0 Å². The average Bonchev–Trinajstić information content (AvgIpc) is 3.16. The molecule has 0 aliphatic carbocycles. The maximum atomic E-state index is 12.0. The van der Waals surface area contributed by atoms with Crippen molar-refractivity contribution >= 4 is 35.1 Å². The van der Waals surface area contributed by atoms with E-state index in [1.54, 1.807) is 0 Å². The molecule has 24 heavy (non-hydrogen) atoms. The van der Waals surface area contributed by atoms with E-state index < -0.39 is 0 Å². The third-order valence-corrected chi connectivity index (χ3v) is 6.89. The van der Waals surface area contributed by atoms with Gasteiger partial charge in [0.15, 0.2) is 6.61 Å². The molecule has 1 N–H and O–H groups in total. The van der Waals surface area contributed by atoms with Crippen molar-refractivity contribution in [2.45, 2.75) is 17.9 Å². The summed E-state index contributed by atoms with van der Waals surface area (Å²) in [5, 5.41) is 2.85. The molecule has 1 heterocycles. The van der Waals surface area contributed by atoms with Gasteiger partial charge in [0, 0.05) is 17.2 Å². The Morgan fingerprint density at radius 2 is 1.75 bits per heavy atom. The highest BCUT2D eigenvalue weighted by atomic mass is 32.2. The van der Waals surface area contributed by atoms with Crippen LogP contribution in [0.15, 0.2) is 48.5 Å². The summed E-state index contributed by atoms with van der Waals surface area (Å²) in [4.78, 5) is 12.0. The van der Waals surface area contributed by atoms with Gasteiger partial charge in [0.1, 0.15) is 5.75 Å². The zero-order valence-corrected chi connectivity index (χ0v) is 15.3. The minimum atomic E-state index is -0.148. The number of carbonyl (C=O) groups excluding carboxylic acids is 1. The molecule has 1 saturated heterocycles. The quantitative estimate of drug-likeness (QED) is 0.808. The van der Waals surface area contributed by atoms with Gasteiger partial charge in [0.25, 0.3) is 5.91 Å². The molecule has 1 fully saturated rings. The average molecular weight is 360 g/mol. The van der Waals surface area contributed by atoms with Gasteiger partial charge in [-0.1, -0.05) is 31.2 Å². The second-order valence-corrected chi connectivity index (χ2v) is 8.25. The van der Waals surface area contributed by atoms with Crippen molar-refractivity contribution in [1.29, 1.82) is 0 Å². The highest BCUT2D eigenvalue weighted by Crippen LogP contribution is 2.45. The van der Waals surface area contributed by atoms with E-state index in [1.807, 2.05) is 59.9 Å². The molecule has 2 aromatic carbocycles. The van der Waals surface area contributed by atoms with Crippen molar-refractivity contribution in [3.63, 3.8) is 0 Å². The molecular formula is C19H21NO2S2. The van der Waals surface area contributed by atoms with Gasteiger partial charge in [-0.25, -0.2) is 0 Å². The first-order chi connectivity index (χ1) is 11.7. The van der Waals surface area contributed by atoms with Crippen molar-refractivity contribution < 1.29 is 9.53 Å². The van der Waals surface area contributed by atoms with Crippen LogP contribution in [0.2, 0.25) is 0 Å². The lowest BCUT2D eigenvalue weighted by molar-refractivity contribution is -0.118. The third-order valence-electron chi connectivity index (χ3n) is 3.79. The Labute approximate surface area is 151 Å². The van der Waals surface area contributed by atoms with Crippen molar-refractivity contribution in [2.75, 3.05) is 23.4 Å². The van der Waals surface area contributed by atoms with Crippen molar-refractivity contribution in [1.82, 2.24) is 0 Å². The maximum Gasteiger partial charge on any atom is 0.262 e. The summed E-state index contributed by atoms with van der Waals surface area (Å²) in [6, 6.07) is 15.9. The zero-order valence-electron chi connectivity index (χ0n) is 13.7. The Morgan fingerprint density at radius 3 is 2.38 bits per heavy atom. The van der Waals surface area contributed by atoms with Crippen LogP contribution in [0.3, 0.4) is 0 Å². The molecule has 2 aromatic rings. The predicted molar refractivity (Wildman–Crippen MR) is 104 cm³/mol. The molecule has 0 aromatic heterocycles. The number of ether oxygens (including phenoxy) is 1. The monoisotopic (exact) mass is 359 g/mol. The zero-order chi connectivity index (χ0) is 16.8. The molecule has 5 heteroatoms. The van der Waals surface area contributed by atoms with Crippen LogP contribution in [-0.2, 0) is 11.2 Å². The third kappa shape index (κ3) is 4.71. The molecule has 1 amide bonds. The van der Waals surface area contributed by atoms with Crippen LogP contribution in [0.25, 0.3) is 0 Å². The van der Waals surface area contributed by atoms with Gasteiger partial charge in [0.05, 0.1) is 4.58 Å². The Morgan fingerprint density at radius 1 is 1.08 bits per heavy atom. The summed E-state index contributed by atoms with van der Waals surface area (Å²) in [5.74, 6) is 3.01. The SMILES string of the molecule is CCc1ccc(NC(=O)COc2ccc(C3SCCS3)cc2)cc1. The van der Waals surface area contributed by atoms with Crippen LogP contribution >= 0.6 is 23.5 Å². The minimum absolute atomic E-state index is 0.0157. The molecule has 0 atom stereocenters. The maximum absolute atomic E-state index is 12.0. The van der Waals surface area contributed by atoms with Crippen LogP contribution in [0.1, 0.15) is 22.6 Å². The summed E-state index contributed by atoms with van der Waals surface area (Å²) < 4.78 is 6.11. The van der Waals surface area contributed by atoms with Crippen LogP contribution < -0.4 is 10.1 Å². The van der Waals surface area contributed by atoms with Crippen LogP contribution in [0.5, 0.6) is 5.75 Å². The van der Waals surface area contributed by atoms with E-state index in [0.717, 1.165) is 17.9 Å². The smallest absolute Gasteiger partial charge is 0.262 e. The fraction of sp³-hybridized carbons (Fsp3) is 0.316. The molecular weight excluding hydrogens is 338 g/mol. The number of carbonyl (C=O) groups is 1. The highest BCUT2D eigenvalue weighted by molar-refractivity contribution is 8.19. The largest absolute Gasteiger partial charge is 0.484 e. The van der Waals surface area contributed by atoms with Crippen LogP contribution in [0, 0.1) is 0 Å². The lowest BCUT2D eigenvalue weighted by atomic mass is 10.1. The number of benzene rings is 2. The normalized spacial score (nSPS) is 14.5. The fourth-order valence-electron chi connectivity index (χ4n) is 2.44. The molecule has 0 saturated carbocycles. The van der Waals surface area contributed by atoms with Crippen LogP contribution in [0.4, 0.5) is 5.69 Å². The summed E-state index contributed by atoms with van der Waals surface area (Å²) in [7, 11) is 0. The van der Waals surface area contributed by atoms with E-state index in [2.05, 4.69) is 24.4 Å². The Hall–Kier alpha value is -1.59. The molecule has 126 valence electrons. The molecule has 0 bridgehead atoms. The summed E-state index contributed by atoms with van der Waals surface area (Å²) >= 11 is 3.96. The van der Waals surface area contributed by atoms with Gasteiger partial charge in [-0.2, -0.15) is 0 Å². The first kappa shape index (κ1) is 17.2. The van der Waals surface area contributed by atoms with E-state index in [0.29, 0.717) is 4.58 Å². The Balaban J connectivity index is 1.48. The Kier molecular flexibility index (Phi) is 6.10. The first-order valence-electron chi connectivity index (χ1n) is 8.09. The lowest BCUT2D eigenvalue weighted by Crippen LogP contribution is -2.20. The van der Waals surface area contributed by atoms with Crippen molar-refractivity contribution in [2.24, 2.45) is 0 Å². The van der Waals surface area contributed by atoms with E-state index in [9.17, 15) is 4.79 Å². The van der Waals surface area contributed by atoms with Crippen LogP contribution in [-0.4, -0.2) is 24.0 Å². The molecule has 0 radical (unpaired) electrons.